The van der Waals surface area contributed by atoms with Gasteiger partial charge in [0, 0.05) is 5.56 Å². The quantitative estimate of drug-likeness (QED) is 0.589. The first-order valence-electron chi connectivity index (χ1n) is 10.3. The van der Waals surface area contributed by atoms with Gasteiger partial charge in [-0.1, -0.05) is 42.5 Å². The van der Waals surface area contributed by atoms with Crippen molar-refractivity contribution in [3.05, 3.63) is 89.5 Å². The van der Waals surface area contributed by atoms with Crippen molar-refractivity contribution in [1.82, 2.24) is 5.32 Å². The van der Waals surface area contributed by atoms with Gasteiger partial charge in [0.15, 0.2) is 18.0 Å². The van der Waals surface area contributed by atoms with Crippen LogP contribution in [0.5, 0.6) is 17.2 Å². The average molecular weight is 420 g/mol. The summed E-state index contributed by atoms with van der Waals surface area (Å²) in [5.74, 6) is 2.31. The minimum atomic E-state index is -0.224. The highest BCUT2D eigenvalue weighted by Crippen LogP contribution is 2.32. The van der Waals surface area contributed by atoms with Crippen LogP contribution < -0.4 is 24.4 Å². The molecular weight excluding hydrogens is 392 g/mol. The Kier molecular flexibility index (Phi) is 6.38. The van der Waals surface area contributed by atoms with E-state index in [0.29, 0.717) is 13.1 Å². The van der Waals surface area contributed by atoms with E-state index >= 15 is 0 Å². The van der Waals surface area contributed by atoms with Crippen LogP contribution in [0.2, 0.25) is 0 Å². The van der Waals surface area contributed by atoms with Crippen molar-refractivity contribution in [2.24, 2.45) is 0 Å². The average Bonchev–Trinajstić information content (AvgIpc) is 3.26. The maximum atomic E-state index is 12.9. The Hall–Kier alpha value is -3.51. The molecule has 6 nitrogen and oxygen atoms in total. The third-order valence-electron chi connectivity index (χ3n) is 5.29. The van der Waals surface area contributed by atoms with E-state index in [9.17, 15) is 4.79 Å². The van der Waals surface area contributed by atoms with E-state index in [1.807, 2.05) is 79.8 Å². The number of ether oxygens (including phenoxy) is 3. The number of hydrogen-bond donors (Lipinski definition) is 2. The summed E-state index contributed by atoms with van der Waals surface area (Å²) in [6.07, 6.45) is 0. The SMILES string of the molecule is COc1ccc([C@H](NC(=O)C[NH+](C)Cc2ccc3c(c2)OCO3)c2ccccc2)cc1. The topological polar surface area (TPSA) is 61.2 Å². The normalized spacial score (nSPS) is 14.0. The third-order valence-corrected chi connectivity index (χ3v) is 5.29. The van der Waals surface area contributed by atoms with E-state index in [0.717, 1.165) is 38.8 Å². The number of rotatable bonds is 8. The van der Waals surface area contributed by atoms with Gasteiger partial charge in [-0.05, 0) is 41.5 Å². The molecular formula is C25H27N2O4+. The molecule has 4 rings (SSSR count). The van der Waals surface area contributed by atoms with Gasteiger partial charge in [-0.15, -0.1) is 0 Å². The molecule has 3 aromatic carbocycles. The fourth-order valence-corrected chi connectivity index (χ4v) is 3.75. The molecule has 1 aliphatic heterocycles. The highest BCUT2D eigenvalue weighted by Gasteiger charge is 2.20. The minimum absolute atomic E-state index is 0.0112. The highest BCUT2D eigenvalue weighted by molar-refractivity contribution is 5.78. The molecule has 0 spiro atoms. The summed E-state index contributed by atoms with van der Waals surface area (Å²) >= 11 is 0. The number of fused-ring (bicyclic) bond motifs is 1. The Bertz CT molecular complexity index is 1020. The maximum absolute atomic E-state index is 12.9. The second-order valence-corrected chi connectivity index (χ2v) is 7.68. The van der Waals surface area contributed by atoms with E-state index in [1.165, 1.54) is 0 Å². The number of amides is 1. The summed E-state index contributed by atoms with van der Waals surface area (Å²) in [5, 5.41) is 3.20. The summed E-state index contributed by atoms with van der Waals surface area (Å²) in [6.45, 7) is 1.33. The van der Waals surface area contributed by atoms with Crippen LogP contribution in [-0.2, 0) is 11.3 Å². The number of carbonyl (C=O) groups is 1. The van der Waals surface area contributed by atoms with Crippen LogP contribution in [0.15, 0.2) is 72.8 Å². The summed E-state index contributed by atoms with van der Waals surface area (Å²) in [7, 11) is 3.65. The highest BCUT2D eigenvalue weighted by atomic mass is 16.7. The fraction of sp³-hybridized carbons (Fsp3) is 0.240. The standard InChI is InChI=1S/C25H26N2O4/c1-27(15-18-8-13-22-23(14-18)31-17-30-22)16-24(28)26-25(19-6-4-3-5-7-19)20-9-11-21(29-2)12-10-20/h3-14,25H,15-17H2,1-2H3,(H,26,28)/p+1/t25-/m1/s1. The lowest BCUT2D eigenvalue weighted by atomic mass is 9.98. The minimum Gasteiger partial charge on any atom is -0.497 e. The van der Waals surface area contributed by atoms with Crippen LogP contribution in [-0.4, -0.2) is 33.4 Å². The lowest BCUT2D eigenvalue weighted by Crippen LogP contribution is -3.08. The molecule has 2 N–H and O–H groups in total. The van der Waals surface area contributed by atoms with Gasteiger partial charge in [0.1, 0.15) is 12.3 Å². The predicted molar refractivity (Wildman–Crippen MR) is 117 cm³/mol. The molecule has 1 amide bonds. The molecule has 0 saturated heterocycles. The molecule has 3 aromatic rings. The van der Waals surface area contributed by atoms with E-state index in [-0.39, 0.29) is 18.7 Å². The number of quaternary nitrogens is 1. The van der Waals surface area contributed by atoms with Gasteiger partial charge in [-0.2, -0.15) is 0 Å². The molecule has 6 heteroatoms. The Balaban J connectivity index is 1.43. The first kappa shape index (κ1) is 20.8. The molecule has 1 aliphatic rings. The van der Waals surface area contributed by atoms with Gasteiger partial charge in [0.25, 0.3) is 5.91 Å². The first-order valence-corrected chi connectivity index (χ1v) is 10.3. The van der Waals surface area contributed by atoms with Gasteiger partial charge in [0.2, 0.25) is 6.79 Å². The van der Waals surface area contributed by atoms with E-state index < -0.39 is 0 Å². The monoisotopic (exact) mass is 419 g/mol. The molecule has 0 saturated carbocycles. The molecule has 2 atom stereocenters. The molecule has 0 aliphatic carbocycles. The Morgan fingerprint density at radius 3 is 2.45 bits per heavy atom. The van der Waals surface area contributed by atoms with E-state index in [2.05, 4.69) is 5.32 Å². The van der Waals surface area contributed by atoms with E-state index in [4.69, 9.17) is 14.2 Å². The number of benzene rings is 3. The van der Waals surface area contributed by atoms with Gasteiger partial charge in [-0.25, -0.2) is 0 Å². The third kappa shape index (κ3) is 5.16. The van der Waals surface area contributed by atoms with Crippen molar-refractivity contribution in [2.75, 3.05) is 27.5 Å². The summed E-state index contributed by atoms with van der Waals surface area (Å²) in [6, 6.07) is 23.5. The van der Waals surface area contributed by atoms with Crippen molar-refractivity contribution < 1.29 is 23.9 Å². The number of nitrogens with one attached hydrogen (secondary N) is 2. The molecule has 0 radical (unpaired) electrons. The summed E-state index contributed by atoms with van der Waals surface area (Å²) in [5.41, 5.74) is 3.15. The maximum Gasteiger partial charge on any atom is 0.275 e. The van der Waals surface area contributed by atoms with Crippen molar-refractivity contribution in [3.63, 3.8) is 0 Å². The zero-order valence-electron chi connectivity index (χ0n) is 17.8. The Labute approximate surface area is 182 Å². The number of methoxy groups -OCH3 is 1. The second kappa shape index (κ2) is 9.53. The first-order chi connectivity index (χ1) is 15.1. The van der Waals surface area contributed by atoms with Crippen molar-refractivity contribution in [1.29, 1.82) is 0 Å². The molecule has 1 unspecified atom stereocenters. The molecule has 0 aromatic heterocycles. The van der Waals surface area contributed by atoms with Crippen LogP contribution in [0.25, 0.3) is 0 Å². The fourth-order valence-electron chi connectivity index (χ4n) is 3.75. The van der Waals surface area contributed by atoms with Gasteiger partial charge in [-0.3, -0.25) is 4.79 Å². The molecule has 0 fully saturated rings. The zero-order chi connectivity index (χ0) is 21.6. The molecule has 160 valence electrons. The largest absolute Gasteiger partial charge is 0.497 e. The van der Waals surface area contributed by atoms with Crippen molar-refractivity contribution >= 4 is 5.91 Å². The van der Waals surface area contributed by atoms with Crippen molar-refractivity contribution in [3.8, 4) is 17.2 Å². The predicted octanol–water partition coefficient (Wildman–Crippen LogP) is 2.34. The molecule has 31 heavy (non-hydrogen) atoms. The van der Waals surface area contributed by atoms with Gasteiger partial charge >= 0.3 is 0 Å². The molecule has 1 heterocycles. The Morgan fingerprint density at radius 2 is 1.71 bits per heavy atom. The van der Waals surface area contributed by atoms with Crippen molar-refractivity contribution in [2.45, 2.75) is 12.6 Å². The second-order valence-electron chi connectivity index (χ2n) is 7.68. The lowest BCUT2D eigenvalue weighted by molar-refractivity contribution is -0.885. The number of likely N-dealkylation sites (N-methyl/N-ethyl adjacent to an activating group) is 1. The number of carbonyl (C=O) groups excluding carboxylic acids is 1. The van der Waals surface area contributed by atoms with Crippen LogP contribution in [0, 0.1) is 0 Å². The van der Waals surface area contributed by atoms with E-state index in [1.54, 1.807) is 7.11 Å². The van der Waals surface area contributed by atoms with Crippen LogP contribution >= 0.6 is 0 Å². The van der Waals surface area contributed by atoms with Gasteiger partial charge in [0.05, 0.1) is 20.2 Å². The molecule has 0 bridgehead atoms. The van der Waals surface area contributed by atoms with Crippen LogP contribution in [0.1, 0.15) is 22.7 Å². The summed E-state index contributed by atoms with van der Waals surface area (Å²) in [4.78, 5) is 14.0. The smallest absolute Gasteiger partial charge is 0.275 e. The van der Waals surface area contributed by atoms with Crippen LogP contribution in [0.3, 0.4) is 0 Å². The lowest BCUT2D eigenvalue weighted by Gasteiger charge is -2.21. The zero-order valence-corrected chi connectivity index (χ0v) is 17.8. The van der Waals surface area contributed by atoms with Gasteiger partial charge < -0.3 is 24.4 Å². The number of hydrogen-bond acceptors (Lipinski definition) is 4. The Morgan fingerprint density at radius 1 is 1.00 bits per heavy atom. The summed E-state index contributed by atoms with van der Waals surface area (Å²) < 4.78 is 16.1. The van der Waals surface area contributed by atoms with Crippen LogP contribution in [0.4, 0.5) is 0 Å².